The first-order chi connectivity index (χ1) is 13.1. The maximum Gasteiger partial charge on any atom is 0.145 e. The molecule has 0 aliphatic rings. The zero-order valence-corrected chi connectivity index (χ0v) is 17.9. The predicted octanol–water partition coefficient (Wildman–Crippen LogP) is 4.67. The summed E-state index contributed by atoms with van der Waals surface area (Å²) in [4.78, 5) is 12.5. The maximum atomic E-state index is 10.4. The highest BCUT2D eigenvalue weighted by Gasteiger charge is 2.08. The van der Waals surface area contributed by atoms with Crippen molar-refractivity contribution in [3.8, 4) is 5.75 Å². The summed E-state index contributed by atoms with van der Waals surface area (Å²) in [5, 5.41) is 11.8. The van der Waals surface area contributed by atoms with Gasteiger partial charge >= 0.3 is 0 Å². The molecular formula is C24H31N3O. The molecule has 4 nitrogen and oxygen atoms in total. The Hall–Kier alpha value is -2.88. The van der Waals surface area contributed by atoms with Gasteiger partial charge < -0.3 is 10.1 Å². The van der Waals surface area contributed by atoms with Crippen molar-refractivity contribution in [3.63, 3.8) is 0 Å². The van der Waals surface area contributed by atoms with Crippen molar-refractivity contribution < 1.29 is 5.11 Å². The second-order valence-electron chi connectivity index (χ2n) is 7.46. The van der Waals surface area contributed by atoms with E-state index in [1.165, 1.54) is 0 Å². The van der Waals surface area contributed by atoms with E-state index < -0.39 is 0 Å². The number of aromatic nitrogens is 1. The number of benzene rings is 1. The highest BCUT2D eigenvalue weighted by atomic mass is 16.3. The number of aromatic amines is 1. The summed E-state index contributed by atoms with van der Waals surface area (Å²) in [6, 6.07) is 6.27. The molecule has 0 spiro atoms. The predicted molar refractivity (Wildman–Crippen MR) is 122 cm³/mol. The van der Waals surface area contributed by atoms with E-state index in [9.17, 15) is 5.11 Å². The van der Waals surface area contributed by atoms with Gasteiger partial charge in [0.2, 0.25) is 0 Å². The average Bonchev–Trinajstić information content (AvgIpc) is 2.87. The number of allylic oxidation sites excluding steroid dienone is 1. The first-order valence-electron chi connectivity index (χ1n) is 9.58. The van der Waals surface area contributed by atoms with E-state index in [-0.39, 0.29) is 5.75 Å². The molecule has 0 atom stereocenters. The quantitative estimate of drug-likeness (QED) is 0.706. The molecule has 1 heterocycles. The van der Waals surface area contributed by atoms with E-state index in [2.05, 4.69) is 41.3 Å². The van der Waals surface area contributed by atoms with Gasteiger partial charge in [-0.25, -0.2) is 0 Å². The van der Waals surface area contributed by atoms with Crippen molar-refractivity contribution in [2.75, 3.05) is 0 Å². The van der Waals surface area contributed by atoms with Gasteiger partial charge in [0.25, 0.3) is 0 Å². The molecule has 0 aliphatic heterocycles. The van der Waals surface area contributed by atoms with Crippen LogP contribution in [0, 0.1) is 0 Å². The molecule has 0 radical (unpaired) electrons. The lowest BCUT2D eigenvalue weighted by atomic mass is 10.0. The minimum atomic E-state index is 0.252. The van der Waals surface area contributed by atoms with Gasteiger partial charge in [-0.1, -0.05) is 32.2 Å². The van der Waals surface area contributed by atoms with E-state index in [1.54, 1.807) is 0 Å². The van der Waals surface area contributed by atoms with Gasteiger partial charge in [-0.05, 0) is 58.2 Å². The van der Waals surface area contributed by atoms with Gasteiger partial charge in [0.05, 0.1) is 22.3 Å². The molecule has 148 valence electrons. The number of hydrogen-bond acceptors (Lipinski definition) is 3. The fourth-order valence-electron chi connectivity index (χ4n) is 3.30. The fourth-order valence-corrected chi connectivity index (χ4v) is 3.30. The Balaban J connectivity index is 2.42. The number of hydrogen-bond donors (Lipinski definition) is 2. The molecule has 0 amide bonds. The van der Waals surface area contributed by atoms with Gasteiger partial charge in [0, 0.05) is 28.8 Å². The molecule has 4 heteroatoms. The number of aryl methyl sites for hydroxylation is 1. The van der Waals surface area contributed by atoms with Gasteiger partial charge in [0.1, 0.15) is 5.75 Å². The highest BCUT2D eigenvalue weighted by Crippen LogP contribution is 2.27. The van der Waals surface area contributed by atoms with Crippen LogP contribution in [0.15, 0.2) is 34.8 Å². The molecule has 0 saturated heterocycles. The largest absolute Gasteiger partial charge is 0.505 e. The Morgan fingerprint density at radius 3 is 2.36 bits per heavy atom. The van der Waals surface area contributed by atoms with Crippen LogP contribution in [-0.4, -0.2) is 21.5 Å². The molecule has 0 saturated carbocycles. The molecule has 1 aromatic heterocycles. The second kappa shape index (κ2) is 8.87. The number of aliphatic imine (C=N–C) groups is 2. The fraction of sp³-hybridized carbons (Fsp3) is 0.333. The number of nitrogens with one attached hydrogen (secondary N) is 1. The van der Waals surface area contributed by atoms with E-state index in [1.807, 2.05) is 41.5 Å². The molecule has 28 heavy (non-hydrogen) atoms. The second-order valence-corrected chi connectivity index (χ2v) is 7.46. The molecule has 0 unspecified atom stereocenters. The van der Waals surface area contributed by atoms with Crippen molar-refractivity contribution in [1.29, 1.82) is 0 Å². The minimum Gasteiger partial charge on any atom is -0.505 e. The summed E-state index contributed by atoms with van der Waals surface area (Å²) >= 11 is 0. The van der Waals surface area contributed by atoms with Crippen molar-refractivity contribution in [2.24, 2.45) is 9.98 Å². The van der Waals surface area contributed by atoms with Crippen molar-refractivity contribution in [2.45, 2.75) is 54.4 Å². The van der Waals surface area contributed by atoms with Crippen molar-refractivity contribution in [1.82, 2.24) is 4.98 Å². The number of rotatable bonds is 6. The van der Waals surface area contributed by atoms with Gasteiger partial charge in [0.15, 0.2) is 0 Å². The van der Waals surface area contributed by atoms with Crippen LogP contribution < -0.4 is 10.6 Å². The minimum absolute atomic E-state index is 0.252. The number of nitrogens with zero attached hydrogens (tertiary/aromatic N) is 2. The summed E-state index contributed by atoms with van der Waals surface area (Å²) in [7, 11) is 0. The Bertz CT molecular complexity index is 1060. The van der Waals surface area contributed by atoms with Crippen LogP contribution in [0.2, 0.25) is 0 Å². The summed E-state index contributed by atoms with van der Waals surface area (Å²) in [5.74, 6) is 0.252. The Morgan fingerprint density at radius 2 is 1.82 bits per heavy atom. The van der Waals surface area contributed by atoms with Crippen LogP contribution in [0.25, 0.3) is 17.8 Å². The molecule has 0 fully saturated rings. The van der Waals surface area contributed by atoms with E-state index >= 15 is 0 Å². The summed E-state index contributed by atoms with van der Waals surface area (Å²) < 4.78 is 0. The van der Waals surface area contributed by atoms with Gasteiger partial charge in [-0.3, -0.25) is 9.98 Å². The maximum absolute atomic E-state index is 10.4. The summed E-state index contributed by atoms with van der Waals surface area (Å²) in [6.07, 6.45) is 1.43. The molecular weight excluding hydrogens is 346 g/mol. The summed E-state index contributed by atoms with van der Waals surface area (Å²) in [6.45, 7) is 19.9. The third kappa shape index (κ3) is 4.89. The van der Waals surface area contributed by atoms with Gasteiger partial charge in [-0.15, -0.1) is 0 Å². The number of aromatic hydroxyl groups is 1. The van der Waals surface area contributed by atoms with E-state index in [0.29, 0.717) is 17.0 Å². The van der Waals surface area contributed by atoms with Crippen molar-refractivity contribution in [3.05, 3.63) is 52.2 Å². The zero-order chi connectivity index (χ0) is 21.0. The first kappa shape index (κ1) is 21.4. The third-order valence-electron chi connectivity index (χ3n) is 4.53. The molecule has 0 bridgehead atoms. The van der Waals surface area contributed by atoms with Crippen LogP contribution >= 0.6 is 0 Å². The van der Waals surface area contributed by atoms with Crippen LogP contribution in [-0.2, 0) is 12.8 Å². The lowest BCUT2D eigenvalue weighted by Gasteiger charge is -2.09. The van der Waals surface area contributed by atoms with Crippen LogP contribution in [0.5, 0.6) is 5.75 Å². The molecule has 2 aromatic rings. The Labute approximate surface area is 167 Å². The zero-order valence-electron chi connectivity index (χ0n) is 17.9. The van der Waals surface area contributed by atoms with Crippen molar-refractivity contribution >= 4 is 35.0 Å². The Kier molecular flexibility index (Phi) is 6.79. The van der Waals surface area contributed by atoms with E-state index in [0.717, 1.165) is 51.6 Å². The van der Waals surface area contributed by atoms with Gasteiger partial charge in [-0.2, -0.15) is 0 Å². The standard InChI is InChI=1S/C24H31N3O/c1-9-21-24(28)23(18(8)27-21)17(7)26-16(6)12-19-10-11-20(14(2)3)22(13-19)25-15(4)5/h10-11,13,27-28H,2,8-9,12H2,1,3-7H3/b23-17+,26-16?. The SMILES string of the molecule is C=C(C)c1ccc(CC(C)=N/C(C)=c2/c(O)c(CC)[nH]c2=C)cc1N=C(C)C. The molecule has 0 aliphatic carbocycles. The lowest BCUT2D eigenvalue weighted by molar-refractivity contribution is 0.465. The molecule has 2 N–H and O–H groups in total. The lowest BCUT2D eigenvalue weighted by Crippen LogP contribution is -2.22. The topological polar surface area (TPSA) is 60.7 Å². The molecule has 2 rings (SSSR count). The van der Waals surface area contributed by atoms with E-state index in [4.69, 9.17) is 4.99 Å². The highest BCUT2D eigenvalue weighted by molar-refractivity contribution is 5.89. The average molecular weight is 378 g/mol. The summed E-state index contributed by atoms with van der Waals surface area (Å²) in [5.41, 5.74) is 7.66. The van der Waals surface area contributed by atoms with Crippen LogP contribution in [0.3, 0.4) is 0 Å². The monoisotopic (exact) mass is 377 g/mol. The van der Waals surface area contributed by atoms with Crippen LogP contribution in [0.4, 0.5) is 5.69 Å². The Morgan fingerprint density at radius 1 is 1.14 bits per heavy atom. The number of H-pyrrole nitrogens is 1. The molecule has 1 aromatic carbocycles. The normalized spacial score (nSPS) is 12.7. The van der Waals surface area contributed by atoms with Crippen LogP contribution in [0.1, 0.15) is 58.4 Å². The first-order valence-corrected chi connectivity index (χ1v) is 9.58. The third-order valence-corrected chi connectivity index (χ3v) is 4.53. The smallest absolute Gasteiger partial charge is 0.145 e.